The molecule has 2 nitrogen and oxygen atoms in total. The van der Waals surface area contributed by atoms with Gasteiger partial charge in [-0.1, -0.05) is 30.3 Å². The Morgan fingerprint density at radius 3 is 2.68 bits per heavy atom. The second kappa shape index (κ2) is 5.06. The van der Waals surface area contributed by atoms with E-state index in [4.69, 9.17) is 4.74 Å². The number of hydrogen-bond acceptors (Lipinski definition) is 2. The summed E-state index contributed by atoms with van der Waals surface area (Å²) in [5, 5.41) is 9.95. The third-order valence-electron chi connectivity index (χ3n) is 3.72. The SMILES string of the molecule is CCOc1ccc(-c2cccc3c2CCC3O)cc1. The zero-order valence-electron chi connectivity index (χ0n) is 11.1. The molecule has 1 atom stereocenters. The van der Waals surface area contributed by atoms with Crippen LogP contribution in [0.25, 0.3) is 11.1 Å². The van der Waals surface area contributed by atoms with Crippen LogP contribution in [0.1, 0.15) is 30.6 Å². The van der Waals surface area contributed by atoms with Gasteiger partial charge in [0, 0.05) is 0 Å². The Balaban J connectivity index is 1.99. The molecule has 3 rings (SSSR count). The molecule has 0 radical (unpaired) electrons. The molecular weight excluding hydrogens is 236 g/mol. The van der Waals surface area contributed by atoms with E-state index >= 15 is 0 Å². The number of aliphatic hydroxyl groups is 1. The second-order valence-electron chi connectivity index (χ2n) is 4.89. The van der Waals surface area contributed by atoms with Gasteiger partial charge in [-0.15, -0.1) is 0 Å². The molecule has 0 saturated heterocycles. The first-order valence-corrected chi connectivity index (χ1v) is 6.82. The fraction of sp³-hybridized carbons (Fsp3) is 0.294. The summed E-state index contributed by atoms with van der Waals surface area (Å²) in [4.78, 5) is 0. The van der Waals surface area contributed by atoms with Crippen LogP contribution >= 0.6 is 0 Å². The van der Waals surface area contributed by atoms with Crippen LogP contribution in [0.2, 0.25) is 0 Å². The summed E-state index contributed by atoms with van der Waals surface area (Å²) in [7, 11) is 0. The lowest BCUT2D eigenvalue weighted by Gasteiger charge is -2.10. The van der Waals surface area contributed by atoms with E-state index in [1.807, 2.05) is 31.2 Å². The summed E-state index contributed by atoms with van der Waals surface area (Å²) in [6.07, 6.45) is 1.50. The van der Waals surface area contributed by atoms with E-state index in [-0.39, 0.29) is 6.10 Å². The minimum absolute atomic E-state index is 0.294. The number of ether oxygens (including phenoxy) is 1. The van der Waals surface area contributed by atoms with E-state index in [1.54, 1.807) is 0 Å². The molecule has 0 aromatic heterocycles. The monoisotopic (exact) mass is 254 g/mol. The highest BCUT2D eigenvalue weighted by atomic mass is 16.5. The number of benzene rings is 2. The van der Waals surface area contributed by atoms with E-state index < -0.39 is 0 Å². The number of fused-ring (bicyclic) bond motifs is 1. The molecule has 2 heteroatoms. The minimum atomic E-state index is -0.294. The highest BCUT2D eigenvalue weighted by molar-refractivity contribution is 5.70. The van der Waals surface area contributed by atoms with Crippen molar-refractivity contribution in [1.82, 2.24) is 0 Å². The van der Waals surface area contributed by atoms with Gasteiger partial charge in [0.15, 0.2) is 0 Å². The maximum atomic E-state index is 9.95. The zero-order valence-corrected chi connectivity index (χ0v) is 11.1. The average molecular weight is 254 g/mol. The zero-order chi connectivity index (χ0) is 13.2. The van der Waals surface area contributed by atoms with Crippen LogP contribution in [0, 0.1) is 0 Å². The van der Waals surface area contributed by atoms with Crippen LogP contribution in [0.4, 0.5) is 0 Å². The second-order valence-corrected chi connectivity index (χ2v) is 4.89. The number of hydrogen-bond donors (Lipinski definition) is 1. The molecule has 98 valence electrons. The Morgan fingerprint density at radius 2 is 1.95 bits per heavy atom. The predicted molar refractivity (Wildman–Crippen MR) is 76.3 cm³/mol. The van der Waals surface area contributed by atoms with Crippen LogP contribution in [0.3, 0.4) is 0 Å². The largest absolute Gasteiger partial charge is 0.494 e. The number of aliphatic hydroxyl groups excluding tert-OH is 1. The van der Waals surface area contributed by atoms with Crippen molar-refractivity contribution in [3.8, 4) is 16.9 Å². The molecule has 1 aliphatic carbocycles. The fourth-order valence-corrected chi connectivity index (χ4v) is 2.80. The molecule has 2 aromatic carbocycles. The van der Waals surface area contributed by atoms with Crippen molar-refractivity contribution in [2.24, 2.45) is 0 Å². The van der Waals surface area contributed by atoms with E-state index in [1.165, 1.54) is 16.7 Å². The smallest absolute Gasteiger partial charge is 0.119 e. The van der Waals surface area contributed by atoms with E-state index in [2.05, 4.69) is 18.2 Å². The Hall–Kier alpha value is -1.80. The fourth-order valence-electron chi connectivity index (χ4n) is 2.80. The molecule has 0 aliphatic heterocycles. The van der Waals surface area contributed by atoms with Gasteiger partial charge in [-0.3, -0.25) is 0 Å². The first-order chi connectivity index (χ1) is 9.29. The third-order valence-corrected chi connectivity index (χ3v) is 3.72. The average Bonchev–Trinajstić information content (AvgIpc) is 2.82. The lowest BCUT2D eigenvalue weighted by atomic mass is 9.97. The summed E-state index contributed by atoms with van der Waals surface area (Å²) in [6, 6.07) is 14.4. The maximum absolute atomic E-state index is 9.95. The van der Waals surface area contributed by atoms with Crippen molar-refractivity contribution < 1.29 is 9.84 Å². The van der Waals surface area contributed by atoms with Crippen molar-refractivity contribution in [3.05, 3.63) is 53.6 Å². The van der Waals surface area contributed by atoms with Crippen LogP contribution in [-0.4, -0.2) is 11.7 Å². The summed E-state index contributed by atoms with van der Waals surface area (Å²) in [6.45, 7) is 2.67. The van der Waals surface area contributed by atoms with Gasteiger partial charge in [0.05, 0.1) is 12.7 Å². The van der Waals surface area contributed by atoms with Crippen molar-refractivity contribution in [3.63, 3.8) is 0 Å². The Bertz CT molecular complexity index is 572. The lowest BCUT2D eigenvalue weighted by molar-refractivity contribution is 0.180. The van der Waals surface area contributed by atoms with Crippen molar-refractivity contribution in [2.75, 3.05) is 6.61 Å². The summed E-state index contributed by atoms with van der Waals surface area (Å²) < 4.78 is 5.47. The third kappa shape index (κ3) is 2.24. The van der Waals surface area contributed by atoms with E-state index in [9.17, 15) is 5.11 Å². The first-order valence-electron chi connectivity index (χ1n) is 6.82. The van der Waals surface area contributed by atoms with Gasteiger partial charge in [0.2, 0.25) is 0 Å². The molecule has 2 aromatic rings. The van der Waals surface area contributed by atoms with Gasteiger partial charge in [0.25, 0.3) is 0 Å². The quantitative estimate of drug-likeness (QED) is 0.904. The van der Waals surface area contributed by atoms with Gasteiger partial charge in [-0.05, 0) is 54.2 Å². The molecule has 0 amide bonds. The molecule has 1 N–H and O–H groups in total. The van der Waals surface area contributed by atoms with Gasteiger partial charge in [-0.25, -0.2) is 0 Å². The van der Waals surface area contributed by atoms with Gasteiger partial charge < -0.3 is 9.84 Å². The van der Waals surface area contributed by atoms with Gasteiger partial charge in [0.1, 0.15) is 5.75 Å². The Kier molecular flexibility index (Phi) is 3.26. The molecule has 1 unspecified atom stereocenters. The molecular formula is C17H18O2. The minimum Gasteiger partial charge on any atom is -0.494 e. The van der Waals surface area contributed by atoms with Crippen molar-refractivity contribution in [2.45, 2.75) is 25.9 Å². The normalized spacial score (nSPS) is 17.3. The van der Waals surface area contributed by atoms with E-state index in [0.717, 1.165) is 24.2 Å². The molecule has 0 fully saturated rings. The molecule has 19 heavy (non-hydrogen) atoms. The van der Waals surface area contributed by atoms with E-state index in [0.29, 0.717) is 6.61 Å². The standard InChI is InChI=1S/C17H18O2/c1-2-19-13-8-6-12(7-9-13)14-4-3-5-16-15(14)10-11-17(16)18/h3-9,17-18H,2,10-11H2,1H3. The summed E-state index contributed by atoms with van der Waals surface area (Å²) >= 11 is 0. The first kappa shape index (κ1) is 12.2. The van der Waals surface area contributed by atoms with Crippen molar-refractivity contribution in [1.29, 1.82) is 0 Å². The highest BCUT2D eigenvalue weighted by Crippen LogP contribution is 2.37. The highest BCUT2D eigenvalue weighted by Gasteiger charge is 2.22. The molecule has 0 spiro atoms. The van der Waals surface area contributed by atoms with Crippen LogP contribution in [0.5, 0.6) is 5.75 Å². The Morgan fingerprint density at radius 1 is 1.16 bits per heavy atom. The topological polar surface area (TPSA) is 29.5 Å². The molecule has 0 bridgehead atoms. The van der Waals surface area contributed by atoms with Crippen molar-refractivity contribution >= 4 is 0 Å². The van der Waals surface area contributed by atoms with Crippen LogP contribution < -0.4 is 4.74 Å². The van der Waals surface area contributed by atoms with Crippen LogP contribution in [0.15, 0.2) is 42.5 Å². The van der Waals surface area contributed by atoms with Crippen LogP contribution in [-0.2, 0) is 6.42 Å². The predicted octanol–water partition coefficient (Wildman–Crippen LogP) is 3.73. The molecule has 0 saturated carbocycles. The van der Waals surface area contributed by atoms with Gasteiger partial charge in [-0.2, -0.15) is 0 Å². The van der Waals surface area contributed by atoms with Gasteiger partial charge >= 0.3 is 0 Å². The number of rotatable bonds is 3. The Labute approximate surface area is 113 Å². The molecule has 1 aliphatic rings. The lowest BCUT2D eigenvalue weighted by Crippen LogP contribution is -1.93. The summed E-state index contributed by atoms with van der Waals surface area (Å²) in [5.41, 5.74) is 4.80. The summed E-state index contributed by atoms with van der Waals surface area (Å²) in [5.74, 6) is 0.902. The molecule has 0 heterocycles. The maximum Gasteiger partial charge on any atom is 0.119 e.